The number of hydrogen-bond acceptors (Lipinski definition) is 2. The van der Waals surface area contributed by atoms with Crippen LogP contribution < -0.4 is 10.1 Å². The van der Waals surface area contributed by atoms with Gasteiger partial charge in [-0.15, -0.1) is 0 Å². The lowest BCUT2D eigenvalue weighted by Crippen LogP contribution is -2.07. The molecule has 2 nitrogen and oxygen atoms in total. The number of para-hydroxylation sites is 1. The van der Waals surface area contributed by atoms with E-state index >= 15 is 0 Å². The van der Waals surface area contributed by atoms with Crippen molar-refractivity contribution >= 4 is 28.9 Å². The molecular weight excluding hydrogens is 281 g/mol. The molecule has 0 atom stereocenters. The average molecular weight is 296 g/mol. The molecule has 0 aliphatic heterocycles. The number of nitrogens with one attached hydrogen (secondary N) is 1. The predicted octanol–water partition coefficient (Wildman–Crippen LogP) is 4.87. The molecule has 2 aromatic rings. The lowest BCUT2D eigenvalue weighted by Gasteiger charge is -2.08. The second kappa shape index (κ2) is 7.27. The summed E-state index contributed by atoms with van der Waals surface area (Å²) >= 11 is 11.7. The van der Waals surface area contributed by atoms with Gasteiger partial charge in [-0.25, -0.2) is 0 Å². The highest BCUT2D eigenvalue weighted by atomic mass is 35.5. The van der Waals surface area contributed by atoms with Crippen molar-refractivity contribution in [3.63, 3.8) is 0 Å². The molecule has 0 spiro atoms. The normalized spacial score (nSPS) is 10.2. The number of rotatable bonds is 6. The molecule has 2 aromatic carbocycles. The molecule has 19 heavy (non-hydrogen) atoms. The fraction of sp³-hybridized carbons (Fsp3) is 0.200. The first kappa shape index (κ1) is 14.0. The van der Waals surface area contributed by atoms with Gasteiger partial charge >= 0.3 is 0 Å². The van der Waals surface area contributed by atoms with Gasteiger partial charge in [-0.2, -0.15) is 0 Å². The van der Waals surface area contributed by atoms with Gasteiger partial charge in [-0.3, -0.25) is 0 Å². The molecule has 0 saturated carbocycles. The minimum atomic E-state index is 0.515. The summed E-state index contributed by atoms with van der Waals surface area (Å²) in [6.07, 6.45) is 0.912. The Bertz CT molecular complexity index is 517. The Morgan fingerprint density at radius 2 is 1.74 bits per heavy atom. The third kappa shape index (κ3) is 4.66. The van der Waals surface area contributed by atoms with E-state index in [0.29, 0.717) is 16.7 Å². The van der Waals surface area contributed by atoms with Crippen molar-refractivity contribution in [3.8, 4) is 5.75 Å². The maximum Gasteiger partial charge on any atom is 0.120 e. The van der Waals surface area contributed by atoms with Crippen LogP contribution in [0.5, 0.6) is 5.75 Å². The van der Waals surface area contributed by atoms with E-state index in [0.717, 1.165) is 24.4 Å². The Hall–Kier alpha value is -1.38. The molecule has 2 rings (SSSR count). The summed E-state index contributed by atoms with van der Waals surface area (Å²) in [5, 5.41) is 4.38. The maximum atomic E-state index is 5.91. The van der Waals surface area contributed by atoms with Gasteiger partial charge in [0.15, 0.2) is 0 Å². The van der Waals surface area contributed by atoms with Crippen LogP contribution in [0.1, 0.15) is 6.42 Å². The summed E-state index contributed by atoms with van der Waals surface area (Å²) in [5.41, 5.74) is 1.12. The Morgan fingerprint density at radius 3 is 2.47 bits per heavy atom. The van der Waals surface area contributed by atoms with Crippen molar-refractivity contribution in [2.45, 2.75) is 6.42 Å². The second-order valence-corrected chi connectivity index (χ2v) is 4.89. The lowest BCUT2D eigenvalue weighted by atomic mass is 10.3. The zero-order chi connectivity index (χ0) is 13.5. The molecule has 100 valence electrons. The predicted molar refractivity (Wildman–Crippen MR) is 81.5 cm³/mol. The monoisotopic (exact) mass is 295 g/mol. The molecule has 0 unspecified atom stereocenters. The molecule has 0 aliphatic carbocycles. The summed E-state index contributed by atoms with van der Waals surface area (Å²) < 4.78 is 5.60. The first-order valence-corrected chi connectivity index (χ1v) is 6.88. The van der Waals surface area contributed by atoms with E-state index < -0.39 is 0 Å². The van der Waals surface area contributed by atoms with Crippen molar-refractivity contribution in [2.75, 3.05) is 18.5 Å². The van der Waals surface area contributed by atoms with E-state index in [-0.39, 0.29) is 0 Å². The highest BCUT2D eigenvalue weighted by Crippen LogP contribution is 2.26. The molecule has 4 heteroatoms. The van der Waals surface area contributed by atoms with Gasteiger partial charge in [0.2, 0.25) is 0 Å². The molecular formula is C15H15Cl2NO. The molecule has 0 heterocycles. The van der Waals surface area contributed by atoms with Crippen LogP contribution in [0, 0.1) is 0 Å². The molecule has 0 aliphatic rings. The number of benzene rings is 2. The second-order valence-electron chi connectivity index (χ2n) is 4.07. The van der Waals surface area contributed by atoms with Gasteiger partial charge in [-0.05, 0) is 30.7 Å². The van der Waals surface area contributed by atoms with Crippen molar-refractivity contribution in [3.05, 3.63) is 58.6 Å². The van der Waals surface area contributed by atoms with E-state index in [1.807, 2.05) is 36.4 Å². The van der Waals surface area contributed by atoms with Crippen molar-refractivity contribution in [1.82, 2.24) is 0 Å². The van der Waals surface area contributed by atoms with Gasteiger partial charge in [-0.1, -0.05) is 41.4 Å². The van der Waals surface area contributed by atoms with Crippen molar-refractivity contribution in [1.29, 1.82) is 0 Å². The third-order valence-electron chi connectivity index (χ3n) is 2.58. The average Bonchev–Trinajstić information content (AvgIpc) is 2.43. The van der Waals surface area contributed by atoms with E-state index in [4.69, 9.17) is 27.9 Å². The van der Waals surface area contributed by atoms with E-state index in [2.05, 4.69) is 5.32 Å². The van der Waals surface area contributed by atoms with Crippen LogP contribution in [0.2, 0.25) is 10.0 Å². The fourth-order valence-corrected chi connectivity index (χ4v) is 1.91. The van der Waals surface area contributed by atoms with Crippen LogP contribution >= 0.6 is 23.2 Å². The Labute approximate surface area is 123 Å². The fourth-order valence-electron chi connectivity index (χ4n) is 1.62. The first-order chi connectivity index (χ1) is 9.25. The zero-order valence-corrected chi connectivity index (χ0v) is 11.9. The smallest absolute Gasteiger partial charge is 0.120 e. The number of halogens is 2. The van der Waals surface area contributed by atoms with Gasteiger partial charge < -0.3 is 10.1 Å². The Balaban J connectivity index is 1.68. The molecule has 0 saturated heterocycles. The summed E-state index contributed by atoms with van der Waals surface area (Å²) in [6.45, 7) is 1.50. The van der Waals surface area contributed by atoms with Gasteiger partial charge in [0.1, 0.15) is 5.75 Å². The Morgan fingerprint density at radius 1 is 0.947 bits per heavy atom. The van der Waals surface area contributed by atoms with E-state index in [1.165, 1.54) is 0 Å². The van der Waals surface area contributed by atoms with E-state index in [1.54, 1.807) is 12.1 Å². The van der Waals surface area contributed by atoms with Crippen LogP contribution in [-0.2, 0) is 0 Å². The summed E-state index contributed by atoms with van der Waals surface area (Å²) in [4.78, 5) is 0. The topological polar surface area (TPSA) is 21.3 Å². The highest BCUT2D eigenvalue weighted by Gasteiger charge is 2.00. The van der Waals surface area contributed by atoms with Crippen molar-refractivity contribution in [2.24, 2.45) is 0 Å². The van der Waals surface area contributed by atoms with Crippen LogP contribution in [-0.4, -0.2) is 13.2 Å². The van der Waals surface area contributed by atoms with E-state index in [9.17, 15) is 0 Å². The first-order valence-electron chi connectivity index (χ1n) is 6.12. The number of hydrogen-bond donors (Lipinski definition) is 1. The van der Waals surface area contributed by atoms with Crippen LogP contribution in [0.15, 0.2) is 48.5 Å². The van der Waals surface area contributed by atoms with Crippen LogP contribution in [0.4, 0.5) is 5.69 Å². The number of anilines is 1. The van der Waals surface area contributed by atoms with Crippen LogP contribution in [0.25, 0.3) is 0 Å². The molecule has 0 amide bonds. The summed E-state index contributed by atoms with van der Waals surface area (Å²) in [6, 6.07) is 15.4. The van der Waals surface area contributed by atoms with Gasteiger partial charge in [0.25, 0.3) is 0 Å². The third-order valence-corrected chi connectivity index (χ3v) is 3.32. The summed E-state index contributed by atoms with van der Waals surface area (Å²) in [7, 11) is 0. The standard InChI is InChI=1S/C15H15Cl2NO/c16-14-8-7-13(11-15(14)17)19-10-4-9-18-12-5-2-1-3-6-12/h1-3,5-8,11,18H,4,9-10H2. The maximum absolute atomic E-state index is 5.91. The minimum absolute atomic E-state index is 0.515. The molecule has 0 radical (unpaired) electrons. The lowest BCUT2D eigenvalue weighted by molar-refractivity contribution is 0.315. The van der Waals surface area contributed by atoms with Gasteiger partial charge in [0.05, 0.1) is 16.7 Å². The minimum Gasteiger partial charge on any atom is -0.493 e. The molecule has 0 bridgehead atoms. The number of ether oxygens (including phenoxy) is 1. The van der Waals surface area contributed by atoms with Crippen molar-refractivity contribution < 1.29 is 4.74 Å². The molecule has 0 fully saturated rings. The zero-order valence-electron chi connectivity index (χ0n) is 10.4. The molecule has 0 aromatic heterocycles. The quantitative estimate of drug-likeness (QED) is 0.767. The Kier molecular flexibility index (Phi) is 5.37. The van der Waals surface area contributed by atoms with Crippen LogP contribution in [0.3, 0.4) is 0 Å². The SMILES string of the molecule is Clc1ccc(OCCCNc2ccccc2)cc1Cl. The largest absolute Gasteiger partial charge is 0.493 e. The highest BCUT2D eigenvalue weighted by molar-refractivity contribution is 6.42. The molecule has 1 N–H and O–H groups in total. The summed E-state index contributed by atoms with van der Waals surface area (Å²) in [5.74, 6) is 0.745. The van der Waals surface area contributed by atoms with Gasteiger partial charge in [0, 0.05) is 18.3 Å².